The molecule has 2 aromatic rings. The minimum Gasteiger partial charge on any atom is -0.494 e. The molecule has 0 aliphatic heterocycles. The number of amides is 2. The van der Waals surface area contributed by atoms with Crippen LogP contribution in [0.1, 0.15) is 20.7 Å². The van der Waals surface area contributed by atoms with Gasteiger partial charge in [0.15, 0.2) is 5.75 Å². The maximum absolute atomic E-state index is 12.1. The lowest BCUT2D eigenvalue weighted by molar-refractivity contribution is 0.0927. The van der Waals surface area contributed by atoms with Crippen molar-refractivity contribution in [1.82, 2.24) is 10.6 Å². The zero-order chi connectivity index (χ0) is 17.5. The molecule has 0 bridgehead atoms. The molecule has 0 aromatic heterocycles. The summed E-state index contributed by atoms with van der Waals surface area (Å²) in [6.07, 6.45) is 0. The van der Waals surface area contributed by atoms with Crippen molar-refractivity contribution in [3.8, 4) is 5.75 Å². The van der Waals surface area contributed by atoms with Crippen LogP contribution in [0, 0.1) is 0 Å². The number of benzene rings is 2. The Bertz CT molecular complexity index is 713. The minimum absolute atomic E-state index is 0.194. The summed E-state index contributed by atoms with van der Waals surface area (Å²) in [5.41, 5.74) is 0.887. The van der Waals surface area contributed by atoms with E-state index in [0.717, 1.165) is 0 Å². The van der Waals surface area contributed by atoms with E-state index < -0.39 is 0 Å². The molecule has 2 rings (SSSR count). The highest BCUT2D eigenvalue weighted by Crippen LogP contribution is 2.33. The van der Waals surface area contributed by atoms with E-state index in [9.17, 15) is 9.59 Å². The lowest BCUT2D eigenvalue weighted by atomic mass is 10.2. The van der Waals surface area contributed by atoms with Gasteiger partial charge in [0.2, 0.25) is 0 Å². The molecule has 2 N–H and O–H groups in total. The number of ether oxygens (including phenoxy) is 1. The van der Waals surface area contributed by atoms with Crippen LogP contribution in [0.25, 0.3) is 0 Å². The van der Waals surface area contributed by atoms with Gasteiger partial charge in [-0.05, 0) is 24.3 Å². The summed E-state index contributed by atoms with van der Waals surface area (Å²) in [5, 5.41) is 5.92. The standard InChI is InChI=1S/C17H16Cl2N2O3/c1-24-15-13(18)9-12(10-14(15)19)17(23)21-8-7-20-16(22)11-5-3-2-4-6-11/h2-6,9-10H,7-8H2,1H3,(H,20,22)(H,21,23). The van der Waals surface area contributed by atoms with E-state index in [1.54, 1.807) is 24.3 Å². The Labute approximate surface area is 149 Å². The van der Waals surface area contributed by atoms with Gasteiger partial charge < -0.3 is 15.4 Å². The third kappa shape index (κ3) is 4.63. The fourth-order valence-electron chi connectivity index (χ4n) is 2.03. The molecule has 7 heteroatoms. The summed E-state index contributed by atoms with van der Waals surface area (Å²) in [4.78, 5) is 23.9. The molecule has 0 fully saturated rings. The first-order valence-corrected chi connectivity index (χ1v) is 7.93. The smallest absolute Gasteiger partial charge is 0.251 e. The van der Waals surface area contributed by atoms with Gasteiger partial charge in [-0.15, -0.1) is 0 Å². The molecular weight excluding hydrogens is 351 g/mol. The minimum atomic E-state index is -0.338. The van der Waals surface area contributed by atoms with Crippen LogP contribution in [0.15, 0.2) is 42.5 Å². The number of methoxy groups -OCH3 is 1. The average Bonchev–Trinajstić information content (AvgIpc) is 2.58. The number of halogens is 2. The Hall–Kier alpha value is -2.24. The van der Waals surface area contributed by atoms with Crippen LogP contribution in [0.5, 0.6) is 5.75 Å². The van der Waals surface area contributed by atoms with Crippen molar-refractivity contribution in [1.29, 1.82) is 0 Å². The molecule has 2 aromatic carbocycles. The third-order valence-corrected chi connectivity index (χ3v) is 3.76. The maximum Gasteiger partial charge on any atom is 0.251 e. The first-order chi connectivity index (χ1) is 11.5. The van der Waals surface area contributed by atoms with E-state index in [1.807, 2.05) is 6.07 Å². The summed E-state index contributed by atoms with van der Waals surface area (Å²) in [5.74, 6) is -0.208. The number of nitrogens with one attached hydrogen (secondary N) is 2. The second-order valence-corrected chi connectivity index (χ2v) is 5.67. The van der Waals surface area contributed by atoms with Gasteiger partial charge >= 0.3 is 0 Å². The molecule has 0 saturated carbocycles. The van der Waals surface area contributed by atoms with Gasteiger partial charge in [0.05, 0.1) is 17.2 Å². The fraction of sp³-hybridized carbons (Fsp3) is 0.176. The van der Waals surface area contributed by atoms with E-state index in [-0.39, 0.29) is 28.4 Å². The van der Waals surface area contributed by atoms with E-state index >= 15 is 0 Å². The lowest BCUT2D eigenvalue weighted by Gasteiger charge is -2.10. The van der Waals surface area contributed by atoms with Crippen molar-refractivity contribution in [2.24, 2.45) is 0 Å². The molecule has 0 unspecified atom stereocenters. The summed E-state index contributed by atoms with van der Waals surface area (Å²) >= 11 is 12.0. The monoisotopic (exact) mass is 366 g/mol. The van der Waals surface area contributed by atoms with Crippen LogP contribution in [-0.2, 0) is 0 Å². The number of rotatable bonds is 6. The summed E-state index contributed by atoms with van der Waals surface area (Å²) in [7, 11) is 1.45. The Morgan fingerprint density at radius 3 is 1.92 bits per heavy atom. The topological polar surface area (TPSA) is 67.4 Å². The van der Waals surface area contributed by atoms with Gasteiger partial charge in [0.25, 0.3) is 11.8 Å². The van der Waals surface area contributed by atoms with Crippen LogP contribution in [0.2, 0.25) is 10.0 Å². The van der Waals surface area contributed by atoms with E-state index in [4.69, 9.17) is 27.9 Å². The molecule has 0 saturated heterocycles. The van der Waals surface area contributed by atoms with Crippen molar-refractivity contribution in [2.45, 2.75) is 0 Å². The third-order valence-electron chi connectivity index (χ3n) is 3.20. The SMILES string of the molecule is COc1c(Cl)cc(C(=O)NCCNC(=O)c2ccccc2)cc1Cl. The van der Waals surface area contributed by atoms with E-state index in [1.165, 1.54) is 19.2 Å². The predicted molar refractivity (Wildman–Crippen MR) is 94.1 cm³/mol. The zero-order valence-electron chi connectivity index (χ0n) is 12.9. The van der Waals surface area contributed by atoms with E-state index in [2.05, 4.69) is 10.6 Å². The highest BCUT2D eigenvalue weighted by atomic mass is 35.5. The quantitative estimate of drug-likeness (QED) is 0.771. The number of carbonyl (C=O) groups is 2. The second kappa shape index (κ2) is 8.57. The van der Waals surface area contributed by atoms with Crippen molar-refractivity contribution in [2.75, 3.05) is 20.2 Å². The van der Waals surface area contributed by atoms with Gasteiger partial charge in [-0.3, -0.25) is 9.59 Å². The molecule has 0 spiro atoms. The second-order valence-electron chi connectivity index (χ2n) is 4.85. The van der Waals surface area contributed by atoms with Gasteiger partial charge in [-0.25, -0.2) is 0 Å². The average molecular weight is 367 g/mol. The van der Waals surface area contributed by atoms with Gasteiger partial charge in [0, 0.05) is 24.2 Å². The molecule has 0 atom stereocenters. The maximum atomic E-state index is 12.1. The van der Waals surface area contributed by atoms with Gasteiger partial charge in [0.1, 0.15) is 0 Å². The van der Waals surface area contributed by atoms with Crippen LogP contribution in [0.3, 0.4) is 0 Å². The van der Waals surface area contributed by atoms with Crippen LogP contribution in [0.4, 0.5) is 0 Å². The van der Waals surface area contributed by atoms with Crippen molar-refractivity contribution in [3.63, 3.8) is 0 Å². The fourth-order valence-corrected chi connectivity index (χ4v) is 2.67. The normalized spacial score (nSPS) is 10.1. The molecule has 5 nitrogen and oxygen atoms in total. The van der Waals surface area contributed by atoms with Crippen molar-refractivity contribution >= 4 is 35.0 Å². The van der Waals surface area contributed by atoms with Gasteiger partial charge in [-0.2, -0.15) is 0 Å². The summed E-state index contributed by atoms with van der Waals surface area (Å²) < 4.78 is 5.03. The van der Waals surface area contributed by atoms with Gasteiger partial charge in [-0.1, -0.05) is 41.4 Å². The molecule has 0 heterocycles. The largest absolute Gasteiger partial charge is 0.494 e. The predicted octanol–water partition coefficient (Wildman–Crippen LogP) is 3.16. The number of hydrogen-bond acceptors (Lipinski definition) is 3. The summed E-state index contributed by atoms with van der Waals surface area (Å²) in [6.45, 7) is 0.579. The van der Waals surface area contributed by atoms with Crippen LogP contribution < -0.4 is 15.4 Å². The molecular formula is C17H16Cl2N2O3. The highest BCUT2D eigenvalue weighted by molar-refractivity contribution is 6.37. The molecule has 2 amide bonds. The number of carbonyl (C=O) groups excluding carboxylic acids is 2. The molecule has 0 radical (unpaired) electrons. The molecule has 0 aliphatic carbocycles. The molecule has 0 aliphatic rings. The Morgan fingerprint density at radius 1 is 0.917 bits per heavy atom. The highest BCUT2D eigenvalue weighted by Gasteiger charge is 2.13. The molecule has 24 heavy (non-hydrogen) atoms. The Kier molecular flexibility index (Phi) is 6.46. The van der Waals surface area contributed by atoms with Crippen molar-refractivity contribution in [3.05, 3.63) is 63.6 Å². The molecule has 126 valence electrons. The Morgan fingerprint density at radius 2 is 1.42 bits per heavy atom. The zero-order valence-corrected chi connectivity index (χ0v) is 14.4. The first-order valence-electron chi connectivity index (χ1n) is 7.17. The first kappa shape index (κ1) is 18.1. The lowest BCUT2D eigenvalue weighted by Crippen LogP contribution is -2.34. The van der Waals surface area contributed by atoms with Crippen LogP contribution >= 0.6 is 23.2 Å². The number of hydrogen-bond donors (Lipinski definition) is 2. The Balaban J connectivity index is 1.84. The van der Waals surface area contributed by atoms with Crippen LogP contribution in [-0.4, -0.2) is 32.0 Å². The summed E-state index contributed by atoms with van der Waals surface area (Å²) in [6, 6.07) is 11.8. The van der Waals surface area contributed by atoms with E-state index in [0.29, 0.717) is 23.4 Å². The van der Waals surface area contributed by atoms with Crippen molar-refractivity contribution < 1.29 is 14.3 Å².